The number of nitrogens with two attached hydrogens (primary N) is 1. The van der Waals surface area contributed by atoms with Crippen molar-refractivity contribution < 1.29 is 5.11 Å². The third-order valence-corrected chi connectivity index (χ3v) is 2.85. The highest BCUT2D eigenvalue weighted by Crippen LogP contribution is 2.23. The molecule has 1 unspecified atom stereocenters. The molecule has 0 saturated heterocycles. The fourth-order valence-electron chi connectivity index (χ4n) is 1.21. The van der Waals surface area contributed by atoms with Crippen molar-refractivity contribution in [3.63, 3.8) is 0 Å². The number of hydrogen-bond donors (Lipinski definition) is 2. The molecule has 78 valence electrons. The van der Waals surface area contributed by atoms with E-state index in [1.54, 1.807) is 6.07 Å². The van der Waals surface area contributed by atoms with Crippen LogP contribution in [-0.2, 0) is 6.42 Å². The van der Waals surface area contributed by atoms with E-state index in [1.165, 1.54) is 0 Å². The van der Waals surface area contributed by atoms with E-state index in [0.717, 1.165) is 10.0 Å². The second-order valence-corrected chi connectivity index (χ2v) is 4.80. The molecule has 1 aromatic rings. The molecule has 2 nitrogen and oxygen atoms in total. The van der Waals surface area contributed by atoms with Crippen LogP contribution >= 0.6 is 15.9 Å². The van der Waals surface area contributed by atoms with Gasteiger partial charge in [0.1, 0.15) is 5.75 Å². The predicted octanol–water partition coefficient (Wildman–Crippen LogP) is 2.68. The van der Waals surface area contributed by atoms with Crippen molar-refractivity contribution in [2.45, 2.75) is 26.3 Å². The van der Waals surface area contributed by atoms with E-state index >= 15 is 0 Å². The Kier molecular flexibility index (Phi) is 3.96. The molecule has 0 amide bonds. The zero-order valence-electron chi connectivity index (χ0n) is 8.50. The summed E-state index contributed by atoms with van der Waals surface area (Å²) < 4.78 is 0.973. The van der Waals surface area contributed by atoms with Gasteiger partial charge in [-0.15, -0.1) is 0 Å². The molecule has 0 heterocycles. The quantitative estimate of drug-likeness (QED) is 0.875. The summed E-state index contributed by atoms with van der Waals surface area (Å²) in [7, 11) is 0. The lowest BCUT2D eigenvalue weighted by Crippen LogP contribution is -2.28. The van der Waals surface area contributed by atoms with Gasteiger partial charge in [0, 0.05) is 10.5 Å². The summed E-state index contributed by atoms with van der Waals surface area (Å²) in [4.78, 5) is 0. The Labute approximate surface area is 93.3 Å². The van der Waals surface area contributed by atoms with Crippen molar-refractivity contribution >= 4 is 15.9 Å². The van der Waals surface area contributed by atoms with Gasteiger partial charge in [0.2, 0.25) is 0 Å². The Balaban J connectivity index is 2.80. The van der Waals surface area contributed by atoms with Crippen LogP contribution in [0.4, 0.5) is 0 Å². The maximum absolute atomic E-state index is 9.59. The number of aromatic hydroxyl groups is 1. The first-order valence-electron chi connectivity index (χ1n) is 4.73. The highest BCUT2D eigenvalue weighted by atomic mass is 79.9. The molecule has 0 aliphatic carbocycles. The summed E-state index contributed by atoms with van der Waals surface area (Å²) in [6.45, 7) is 4.17. The van der Waals surface area contributed by atoms with Crippen LogP contribution in [0.25, 0.3) is 0 Å². The van der Waals surface area contributed by atoms with Crippen LogP contribution in [-0.4, -0.2) is 11.1 Å². The Hall–Kier alpha value is -0.540. The number of rotatable bonds is 3. The van der Waals surface area contributed by atoms with Gasteiger partial charge in [0.25, 0.3) is 0 Å². The summed E-state index contributed by atoms with van der Waals surface area (Å²) >= 11 is 3.37. The van der Waals surface area contributed by atoms with E-state index in [9.17, 15) is 5.11 Å². The van der Waals surface area contributed by atoms with E-state index in [-0.39, 0.29) is 6.04 Å². The molecule has 0 radical (unpaired) electrons. The van der Waals surface area contributed by atoms with E-state index in [0.29, 0.717) is 18.1 Å². The molecule has 1 atom stereocenters. The van der Waals surface area contributed by atoms with Gasteiger partial charge in [0.15, 0.2) is 0 Å². The maximum Gasteiger partial charge on any atom is 0.118 e. The smallest absolute Gasteiger partial charge is 0.118 e. The molecule has 0 aliphatic rings. The lowest BCUT2D eigenvalue weighted by Gasteiger charge is -2.16. The molecule has 0 spiro atoms. The summed E-state index contributed by atoms with van der Waals surface area (Å²) in [6, 6.07) is 5.51. The highest BCUT2D eigenvalue weighted by Gasteiger charge is 2.11. The number of halogens is 1. The molecule has 14 heavy (non-hydrogen) atoms. The summed E-state index contributed by atoms with van der Waals surface area (Å²) in [5.41, 5.74) is 6.84. The van der Waals surface area contributed by atoms with Gasteiger partial charge in [-0.2, -0.15) is 0 Å². The van der Waals surface area contributed by atoms with Crippen molar-refractivity contribution in [1.29, 1.82) is 0 Å². The number of phenols is 1. The zero-order valence-corrected chi connectivity index (χ0v) is 10.1. The molecule has 0 aliphatic heterocycles. The molecular formula is C11H16BrNO. The number of hydrogen-bond acceptors (Lipinski definition) is 2. The van der Waals surface area contributed by atoms with Crippen LogP contribution < -0.4 is 5.73 Å². The van der Waals surface area contributed by atoms with E-state index < -0.39 is 0 Å². The van der Waals surface area contributed by atoms with Crippen molar-refractivity contribution in [2.24, 2.45) is 11.7 Å². The molecule has 0 bridgehead atoms. The minimum atomic E-state index is 0.0928. The Morgan fingerprint density at radius 3 is 2.64 bits per heavy atom. The topological polar surface area (TPSA) is 46.2 Å². The predicted molar refractivity (Wildman–Crippen MR) is 62.3 cm³/mol. The molecular weight excluding hydrogens is 242 g/mol. The second kappa shape index (κ2) is 4.80. The van der Waals surface area contributed by atoms with Crippen LogP contribution in [0.5, 0.6) is 5.75 Å². The first-order valence-corrected chi connectivity index (χ1v) is 5.53. The number of phenolic OH excluding ortho intramolecular Hbond substituents is 1. The van der Waals surface area contributed by atoms with Crippen LogP contribution in [0, 0.1) is 5.92 Å². The average molecular weight is 258 g/mol. The fraction of sp³-hybridized carbons (Fsp3) is 0.455. The monoisotopic (exact) mass is 257 g/mol. The van der Waals surface area contributed by atoms with Gasteiger partial charge in [-0.3, -0.25) is 0 Å². The summed E-state index contributed by atoms with van der Waals surface area (Å²) in [5.74, 6) is 0.748. The first-order chi connectivity index (χ1) is 6.50. The Bertz CT molecular complexity index is 312. The van der Waals surface area contributed by atoms with Gasteiger partial charge in [-0.05, 0) is 36.1 Å². The third kappa shape index (κ3) is 3.00. The van der Waals surface area contributed by atoms with Crippen LogP contribution in [0.1, 0.15) is 19.4 Å². The molecule has 0 fully saturated rings. The Morgan fingerprint density at radius 1 is 1.43 bits per heavy atom. The van der Waals surface area contributed by atoms with Gasteiger partial charge >= 0.3 is 0 Å². The molecule has 1 rings (SSSR count). The average Bonchev–Trinajstić information content (AvgIpc) is 2.11. The van der Waals surface area contributed by atoms with E-state index in [1.807, 2.05) is 12.1 Å². The SMILES string of the molecule is CC(C)C(N)Cc1cc(Br)ccc1O. The highest BCUT2D eigenvalue weighted by molar-refractivity contribution is 9.10. The van der Waals surface area contributed by atoms with Crippen LogP contribution in [0.3, 0.4) is 0 Å². The molecule has 3 heteroatoms. The molecule has 0 saturated carbocycles. The van der Waals surface area contributed by atoms with E-state index in [2.05, 4.69) is 29.8 Å². The largest absolute Gasteiger partial charge is 0.508 e. The normalized spacial score (nSPS) is 13.2. The van der Waals surface area contributed by atoms with Gasteiger partial charge < -0.3 is 10.8 Å². The third-order valence-electron chi connectivity index (χ3n) is 2.35. The standard InChI is InChI=1S/C11H16BrNO/c1-7(2)10(13)6-8-5-9(12)3-4-11(8)14/h3-5,7,10,14H,6,13H2,1-2H3. The summed E-state index contributed by atoms with van der Waals surface area (Å²) in [6.07, 6.45) is 0.711. The minimum absolute atomic E-state index is 0.0928. The van der Waals surface area contributed by atoms with Crippen LogP contribution in [0.15, 0.2) is 22.7 Å². The lowest BCUT2D eigenvalue weighted by atomic mass is 9.97. The van der Waals surface area contributed by atoms with Crippen molar-refractivity contribution in [3.8, 4) is 5.75 Å². The fourth-order valence-corrected chi connectivity index (χ4v) is 1.62. The minimum Gasteiger partial charge on any atom is -0.508 e. The molecule has 0 aromatic heterocycles. The van der Waals surface area contributed by atoms with Crippen LogP contribution in [0.2, 0.25) is 0 Å². The van der Waals surface area contributed by atoms with Gasteiger partial charge in [0.05, 0.1) is 0 Å². The van der Waals surface area contributed by atoms with E-state index in [4.69, 9.17) is 5.73 Å². The summed E-state index contributed by atoms with van der Waals surface area (Å²) in [5, 5.41) is 9.59. The maximum atomic E-state index is 9.59. The molecule has 3 N–H and O–H groups in total. The van der Waals surface area contributed by atoms with Gasteiger partial charge in [-0.25, -0.2) is 0 Å². The first kappa shape index (κ1) is 11.5. The molecule has 1 aromatic carbocycles. The van der Waals surface area contributed by atoms with Crippen molar-refractivity contribution in [3.05, 3.63) is 28.2 Å². The zero-order chi connectivity index (χ0) is 10.7. The van der Waals surface area contributed by atoms with Gasteiger partial charge in [-0.1, -0.05) is 29.8 Å². The number of benzene rings is 1. The second-order valence-electron chi connectivity index (χ2n) is 3.89. The van der Waals surface area contributed by atoms with Crippen molar-refractivity contribution in [2.75, 3.05) is 0 Å². The lowest BCUT2D eigenvalue weighted by molar-refractivity contribution is 0.448. The van der Waals surface area contributed by atoms with Crippen molar-refractivity contribution in [1.82, 2.24) is 0 Å². The Morgan fingerprint density at radius 2 is 2.07 bits per heavy atom.